The molecule has 0 bridgehead atoms. The van der Waals surface area contributed by atoms with Crippen LogP contribution in [0.3, 0.4) is 0 Å². The van der Waals surface area contributed by atoms with E-state index < -0.39 is 0 Å². The SMILES string of the molecule is Cc1cccc(CC(=O)Nc2ccc(Nc3ccc(Br)cc3)nn2)c1. The molecule has 0 atom stereocenters. The number of anilines is 3. The third kappa shape index (κ3) is 5.12. The lowest BCUT2D eigenvalue weighted by Gasteiger charge is -2.07. The maximum Gasteiger partial charge on any atom is 0.229 e. The minimum Gasteiger partial charge on any atom is -0.339 e. The van der Waals surface area contributed by atoms with Gasteiger partial charge in [-0.1, -0.05) is 45.8 Å². The van der Waals surface area contributed by atoms with E-state index in [1.54, 1.807) is 12.1 Å². The first-order valence-electron chi connectivity index (χ1n) is 7.80. The van der Waals surface area contributed by atoms with E-state index in [4.69, 9.17) is 0 Å². The van der Waals surface area contributed by atoms with Crippen molar-refractivity contribution >= 4 is 39.2 Å². The summed E-state index contributed by atoms with van der Waals surface area (Å²) in [5.74, 6) is 0.923. The van der Waals surface area contributed by atoms with Crippen molar-refractivity contribution in [2.24, 2.45) is 0 Å². The number of nitrogens with one attached hydrogen (secondary N) is 2. The average Bonchev–Trinajstić information content (AvgIpc) is 2.59. The highest BCUT2D eigenvalue weighted by Crippen LogP contribution is 2.18. The van der Waals surface area contributed by atoms with Gasteiger partial charge in [-0.05, 0) is 48.9 Å². The zero-order valence-electron chi connectivity index (χ0n) is 13.7. The molecular weight excluding hydrogens is 380 g/mol. The van der Waals surface area contributed by atoms with Crippen molar-refractivity contribution in [1.82, 2.24) is 10.2 Å². The molecule has 2 aromatic carbocycles. The molecule has 0 aliphatic rings. The molecule has 1 amide bonds. The molecule has 6 heteroatoms. The molecule has 3 rings (SSSR count). The molecule has 0 fully saturated rings. The smallest absolute Gasteiger partial charge is 0.229 e. The van der Waals surface area contributed by atoms with Crippen LogP contribution in [0.5, 0.6) is 0 Å². The minimum absolute atomic E-state index is 0.117. The molecule has 1 aromatic heterocycles. The normalized spacial score (nSPS) is 10.3. The average molecular weight is 397 g/mol. The Morgan fingerprint density at radius 2 is 1.72 bits per heavy atom. The fourth-order valence-corrected chi connectivity index (χ4v) is 2.61. The molecule has 25 heavy (non-hydrogen) atoms. The summed E-state index contributed by atoms with van der Waals surface area (Å²) < 4.78 is 1.01. The second-order valence-electron chi connectivity index (χ2n) is 5.65. The van der Waals surface area contributed by atoms with Gasteiger partial charge < -0.3 is 10.6 Å². The van der Waals surface area contributed by atoms with E-state index in [0.717, 1.165) is 21.3 Å². The van der Waals surface area contributed by atoms with Crippen LogP contribution in [0.25, 0.3) is 0 Å². The first-order valence-corrected chi connectivity index (χ1v) is 8.59. The van der Waals surface area contributed by atoms with E-state index in [2.05, 4.69) is 36.8 Å². The summed E-state index contributed by atoms with van der Waals surface area (Å²) >= 11 is 3.39. The lowest BCUT2D eigenvalue weighted by atomic mass is 10.1. The molecule has 126 valence electrons. The van der Waals surface area contributed by atoms with Gasteiger partial charge in [-0.2, -0.15) is 0 Å². The van der Waals surface area contributed by atoms with Gasteiger partial charge in [0.2, 0.25) is 5.91 Å². The summed E-state index contributed by atoms with van der Waals surface area (Å²) in [6.07, 6.45) is 0.308. The van der Waals surface area contributed by atoms with Gasteiger partial charge in [0.1, 0.15) is 0 Å². The Labute approximate surface area is 154 Å². The Balaban J connectivity index is 1.58. The zero-order valence-corrected chi connectivity index (χ0v) is 15.2. The van der Waals surface area contributed by atoms with Crippen molar-refractivity contribution in [3.05, 3.63) is 76.3 Å². The first-order chi connectivity index (χ1) is 12.1. The largest absolute Gasteiger partial charge is 0.339 e. The highest BCUT2D eigenvalue weighted by molar-refractivity contribution is 9.10. The van der Waals surface area contributed by atoms with Crippen LogP contribution in [0.1, 0.15) is 11.1 Å². The van der Waals surface area contributed by atoms with Crippen LogP contribution in [0.2, 0.25) is 0 Å². The lowest BCUT2D eigenvalue weighted by Crippen LogP contribution is -2.15. The van der Waals surface area contributed by atoms with E-state index in [9.17, 15) is 4.79 Å². The van der Waals surface area contributed by atoms with Gasteiger partial charge in [-0.3, -0.25) is 4.79 Å². The highest BCUT2D eigenvalue weighted by atomic mass is 79.9. The van der Waals surface area contributed by atoms with Crippen molar-refractivity contribution in [2.45, 2.75) is 13.3 Å². The maximum atomic E-state index is 12.1. The van der Waals surface area contributed by atoms with Crippen LogP contribution in [-0.4, -0.2) is 16.1 Å². The maximum absolute atomic E-state index is 12.1. The molecule has 2 N–H and O–H groups in total. The summed E-state index contributed by atoms with van der Waals surface area (Å²) in [5.41, 5.74) is 3.01. The summed E-state index contributed by atoms with van der Waals surface area (Å²) in [5, 5.41) is 14.0. The fraction of sp³-hybridized carbons (Fsp3) is 0.105. The quantitative estimate of drug-likeness (QED) is 0.667. The Morgan fingerprint density at radius 3 is 2.40 bits per heavy atom. The van der Waals surface area contributed by atoms with Gasteiger partial charge in [0.15, 0.2) is 11.6 Å². The number of halogens is 1. The van der Waals surface area contributed by atoms with Crippen LogP contribution >= 0.6 is 15.9 Å². The van der Waals surface area contributed by atoms with E-state index in [1.165, 1.54) is 0 Å². The second-order valence-corrected chi connectivity index (χ2v) is 6.57. The number of aryl methyl sites for hydroxylation is 1. The Hall–Kier alpha value is -2.73. The lowest BCUT2D eigenvalue weighted by molar-refractivity contribution is -0.115. The predicted molar refractivity (Wildman–Crippen MR) is 103 cm³/mol. The number of nitrogens with zero attached hydrogens (tertiary/aromatic N) is 2. The van der Waals surface area contributed by atoms with Gasteiger partial charge in [0.05, 0.1) is 6.42 Å². The summed E-state index contributed by atoms with van der Waals surface area (Å²) in [4.78, 5) is 12.1. The standard InChI is InChI=1S/C19H17BrN4O/c1-13-3-2-4-14(11-13)12-19(25)22-18-10-9-17(23-24-18)21-16-7-5-15(20)6-8-16/h2-11H,12H2,1H3,(H,21,23)(H,22,24,25). The summed E-state index contributed by atoms with van der Waals surface area (Å²) in [7, 11) is 0. The van der Waals surface area contributed by atoms with Crippen LogP contribution in [0, 0.1) is 6.92 Å². The van der Waals surface area contributed by atoms with E-state index in [0.29, 0.717) is 18.1 Å². The number of aromatic nitrogens is 2. The van der Waals surface area contributed by atoms with E-state index >= 15 is 0 Å². The van der Waals surface area contributed by atoms with Crippen LogP contribution < -0.4 is 10.6 Å². The Kier molecular flexibility index (Phi) is 5.40. The molecule has 0 radical (unpaired) electrons. The number of rotatable bonds is 5. The molecule has 1 heterocycles. The first kappa shape index (κ1) is 17.1. The molecule has 0 spiro atoms. The number of amides is 1. The number of hydrogen-bond donors (Lipinski definition) is 2. The number of hydrogen-bond acceptors (Lipinski definition) is 4. The van der Waals surface area contributed by atoms with E-state index in [1.807, 2.05) is 55.5 Å². The Morgan fingerprint density at radius 1 is 1.00 bits per heavy atom. The summed E-state index contributed by atoms with van der Waals surface area (Å²) in [6, 6.07) is 19.1. The van der Waals surface area contributed by atoms with Crippen LogP contribution in [0.4, 0.5) is 17.3 Å². The molecule has 0 unspecified atom stereocenters. The van der Waals surface area contributed by atoms with Crippen LogP contribution in [0.15, 0.2) is 65.1 Å². The molecule has 3 aromatic rings. The van der Waals surface area contributed by atoms with Crippen molar-refractivity contribution in [2.75, 3.05) is 10.6 Å². The van der Waals surface area contributed by atoms with Gasteiger partial charge in [-0.15, -0.1) is 10.2 Å². The monoisotopic (exact) mass is 396 g/mol. The number of carbonyl (C=O) groups is 1. The molecular formula is C19H17BrN4O. The van der Waals surface area contributed by atoms with Gasteiger partial charge in [-0.25, -0.2) is 0 Å². The molecule has 0 saturated heterocycles. The van der Waals surface area contributed by atoms with Gasteiger partial charge >= 0.3 is 0 Å². The molecule has 0 aliphatic heterocycles. The van der Waals surface area contributed by atoms with Crippen molar-refractivity contribution < 1.29 is 4.79 Å². The predicted octanol–water partition coefficient (Wildman–Crippen LogP) is 4.47. The molecule has 0 saturated carbocycles. The molecule has 5 nitrogen and oxygen atoms in total. The van der Waals surface area contributed by atoms with Crippen molar-refractivity contribution in [3.8, 4) is 0 Å². The minimum atomic E-state index is -0.117. The fourth-order valence-electron chi connectivity index (χ4n) is 2.34. The van der Waals surface area contributed by atoms with Crippen molar-refractivity contribution in [3.63, 3.8) is 0 Å². The topological polar surface area (TPSA) is 66.9 Å². The molecule has 0 aliphatic carbocycles. The van der Waals surface area contributed by atoms with E-state index in [-0.39, 0.29) is 5.91 Å². The summed E-state index contributed by atoms with van der Waals surface area (Å²) in [6.45, 7) is 2.00. The number of benzene rings is 2. The van der Waals surface area contributed by atoms with Crippen molar-refractivity contribution in [1.29, 1.82) is 0 Å². The van der Waals surface area contributed by atoms with Crippen LogP contribution in [-0.2, 0) is 11.2 Å². The zero-order chi connectivity index (χ0) is 17.6. The Bertz CT molecular complexity index is 863. The third-order valence-corrected chi connectivity index (χ3v) is 4.02. The highest BCUT2D eigenvalue weighted by Gasteiger charge is 2.06. The van der Waals surface area contributed by atoms with Gasteiger partial charge in [0, 0.05) is 10.2 Å². The van der Waals surface area contributed by atoms with Gasteiger partial charge in [0.25, 0.3) is 0 Å². The number of carbonyl (C=O) groups excluding carboxylic acids is 1. The third-order valence-electron chi connectivity index (χ3n) is 3.50. The second kappa shape index (κ2) is 7.90.